The van der Waals surface area contributed by atoms with Gasteiger partial charge in [-0.25, -0.2) is 0 Å². The number of carbonyl (C=O) groups is 1. The molecule has 6 heteroatoms. The summed E-state index contributed by atoms with van der Waals surface area (Å²) in [6.07, 6.45) is 2.33. The highest BCUT2D eigenvalue weighted by molar-refractivity contribution is 5.94. The second-order valence-corrected chi connectivity index (χ2v) is 5.47. The summed E-state index contributed by atoms with van der Waals surface area (Å²) >= 11 is 0. The van der Waals surface area contributed by atoms with E-state index >= 15 is 0 Å². The van der Waals surface area contributed by atoms with Crippen LogP contribution in [-0.2, 0) is 17.7 Å². The van der Waals surface area contributed by atoms with Gasteiger partial charge in [0, 0.05) is 12.0 Å². The number of rotatable bonds is 3. The van der Waals surface area contributed by atoms with E-state index in [2.05, 4.69) is 15.5 Å². The Morgan fingerprint density at radius 1 is 1.52 bits per heavy atom. The fraction of sp³-hybridized carbons (Fsp3) is 0.467. The van der Waals surface area contributed by atoms with Crippen LogP contribution >= 0.6 is 0 Å². The van der Waals surface area contributed by atoms with Crippen molar-refractivity contribution in [1.29, 1.82) is 0 Å². The Morgan fingerprint density at radius 2 is 2.33 bits per heavy atom. The van der Waals surface area contributed by atoms with Crippen LogP contribution in [-0.4, -0.2) is 22.2 Å². The van der Waals surface area contributed by atoms with Gasteiger partial charge >= 0.3 is 0 Å². The van der Waals surface area contributed by atoms with Gasteiger partial charge in [0.15, 0.2) is 5.69 Å². The van der Waals surface area contributed by atoms with Crippen LogP contribution in [0.25, 0.3) is 0 Å². The highest BCUT2D eigenvalue weighted by atomic mass is 16.5. The van der Waals surface area contributed by atoms with E-state index in [-0.39, 0.29) is 18.1 Å². The summed E-state index contributed by atoms with van der Waals surface area (Å²) in [6.45, 7) is 6.27. The van der Waals surface area contributed by atoms with E-state index < -0.39 is 0 Å². The zero-order valence-corrected chi connectivity index (χ0v) is 12.4. The zero-order chi connectivity index (χ0) is 15.0. The standard InChI is InChI=1S/C15H19N3O3/c1-8-4-5-20-12(8)7-16-15(19)14-11-6-9(2)21-10(3)13(11)17-18-14/h4-5,9-10H,6-7H2,1-3H3,(H,16,19)(H,17,18)/t9-,10+/m1/s1. The monoisotopic (exact) mass is 289 g/mol. The molecule has 21 heavy (non-hydrogen) atoms. The third-order valence-corrected chi connectivity index (χ3v) is 3.83. The van der Waals surface area contributed by atoms with Gasteiger partial charge in [-0.3, -0.25) is 9.89 Å². The number of nitrogens with one attached hydrogen (secondary N) is 2. The number of hydrogen-bond acceptors (Lipinski definition) is 4. The van der Waals surface area contributed by atoms with Crippen LogP contribution in [0.1, 0.15) is 53.0 Å². The molecule has 0 fully saturated rings. The number of furan rings is 1. The average molecular weight is 289 g/mol. The molecule has 0 bridgehead atoms. The second-order valence-electron chi connectivity index (χ2n) is 5.47. The lowest BCUT2D eigenvalue weighted by molar-refractivity contribution is -0.00697. The number of hydrogen-bond donors (Lipinski definition) is 2. The minimum atomic E-state index is -0.190. The molecule has 0 aliphatic carbocycles. The molecule has 2 N–H and O–H groups in total. The Kier molecular flexibility index (Phi) is 3.55. The van der Waals surface area contributed by atoms with Gasteiger partial charge in [0.25, 0.3) is 5.91 Å². The molecule has 0 saturated carbocycles. The van der Waals surface area contributed by atoms with Gasteiger partial charge in [0.2, 0.25) is 0 Å². The van der Waals surface area contributed by atoms with Crippen LogP contribution in [0.3, 0.4) is 0 Å². The maximum Gasteiger partial charge on any atom is 0.272 e. The van der Waals surface area contributed by atoms with Gasteiger partial charge in [-0.15, -0.1) is 0 Å². The molecule has 1 aliphatic rings. The van der Waals surface area contributed by atoms with Crippen LogP contribution < -0.4 is 5.32 Å². The van der Waals surface area contributed by atoms with Crippen LogP contribution in [0.5, 0.6) is 0 Å². The first kappa shape index (κ1) is 13.9. The Morgan fingerprint density at radius 3 is 3.05 bits per heavy atom. The Labute approximate surface area is 122 Å². The van der Waals surface area contributed by atoms with Gasteiger partial charge in [-0.2, -0.15) is 5.10 Å². The predicted octanol–water partition coefficient (Wildman–Crippen LogP) is 2.26. The summed E-state index contributed by atoms with van der Waals surface area (Å²) in [5.41, 5.74) is 3.33. The Hall–Kier alpha value is -2.08. The van der Waals surface area contributed by atoms with Gasteiger partial charge in [0.1, 0.15) is 5.76 Å². The number of nitrogens with zero attached hydrogens (tertiary/aromatic N) is 1. The van der Waals surface area contributed by atoms with E-state index in [1.54, 1.807) is 6.26 Å². The van der Waals surface area contributed by atoms with Crippen LogP contribution in [0.2, 0.25) is 0 Å². The molecule has 1 aliphatic heterocycles. The van der Waals surface area contributed by atoms with Gasteiger partial charge in [0.05, 0.1) is 30.7 Å². The maximum atomic E-state index is 12.3. The lowest BCUT2D eigenvalue weighted by atomic mass is 9.99. The molecule has 2 atom stereocenters. The van der Waals surface area contributed by atoms with Crippen molar-refractivity contribution >= 4 is 5.91 Å². The molecular formula is C15H19N3O3. The highest BCUT2D eigenvalue weighted by Gasteiger charge is 2.29. The number of aryl methyl sites for hydroxylation is 1. The molecule has 6 nitrogen and oxygen atoms in total. The summed E-state index contributed by atoms with van der Waals surface area (Å²) in [5.74, 6) is 0.572. The average Bonchev–Trinajstić information content (AvgIpc) is 3.02. The van der Waals surface area contributed by atoms with E-state index in [0.29, 0.717) is 18.7 Å². The number of aromatic amines is 1. The van der Waals surface area contributed by atoms with Crippen molar-refractivity contribution in [2.24, 2.45) is 0 Å². The molecule has 0 aromatic carbocycles. The molecule has 112 valence electrons. The van der Waals surface area contributed by atoms with E-state index in [1.807, 2.05) is 26.8 Å². The van der Waals surface area contributed by atoms with E-state index in [0.717, 1.165) is 22.6 Å². The third kappa shape index (κ3) is 2.58. The molecule has 3 heterocycles. The fourth-order valence-electron chi connectivity index (χ4n) is 2.69. The van der Waals surface area contributed by atoms with Gasteiger partial charge < -0.3 is 14.5 Å². The van der Waals surface area contributed by atoms with Crippen LogP contribution in [0, 0.1) is 6.92 Å². The summed E-state index contributed by atoms with van der Waals surface area (Å²) < 4.78 is 11.0. The number of H-pyrrole nitrogens is 1. The molecule has 0 spiro atoms. The highest BCUT2D eigenvalue weighted by Crippen LogP contribution is 2.30. The topological polar surface area (TPSA) is 80.2 Å². The first-order valence-electron chi connectivity index (χ1n) is 7.10. The summed E-state index contributed by atoms with van der Waals surface area (Å²) in [4.78, 5) is 12.3. The molecular weight excluding hydrogens is 270 g/mol. The van der Waals surface area contributed by atoms with Crippen LogP contribution in [0.15, 0.2) is 16.7 Å². The Bertz CT molecular complexity index is 659. The quantitative estimate of drug-likeness (QED) is 0.908. The largest absolute Gasteiger partial charge is 0.467 e. The molecule has 2 aromatic heterocycles. The number of aromatic nitrogens is 2. The van der Waals surface area contributed by atoms with Crippen molar-refractivity contribution in [2.45, 2.75) is 45.9 Å². The number of carbonyl (C=O) groups excluding carboxylic acids is 1. The van der Waals surface area contributed by atoms with E-state index in [1.165, 1.54) is 0 Å². The molecule has 0 saturated heterocycles. The van der Waals surface area contributed by atoms with E-state index in [4.69, 9.17) is 9.15 Å². The number of ether oxygens (including phenoxy) is 1. The SMILES string of the molecule is Cc1ccoc1CNC(=O)c1n[nH]c2c1C[C@@H](C)O[C@H]2C. The van der Waals surface area contributed by atoms with Crippen molar-refractivity contribution in [2.75, 3.05) is 0 Å². The normalized spacial score (nSPS) is 21.1. The number of amides is 1. The molecule has 1 amide bonds. The molecule has 0 unspecified atom stereocenters. The van der Waals surface area contributed by atoms with Crippen LogP contribution in [0.4, 0.5) is 0 Å². The predicted molar refractivity (Wildman–Crippen MR) is 75.9 cm³/mol. The minimum absolute atomic E-state index is 0.0647. The van der Waals surface area contributed by atoms with Crippen molar-refractivity contribution in [3.05, 3.63) is 40.6 Å². The lowest BCUT2D eigenvalue weighted by Gasteiger charge is -2.25. The molecule has 2 aromatic rings. The zero-order valence-electron chi connectivity index (χ0n) is 12.4. The van der Waals surface area contributed by atoms with Crippen molar-refractivity contribution in [3.63, 3.8) is 0 Å². The minimum Gasteiger partial charge on any atom is -0.467 e. The van der Waals surface area contributed by atoms with Crippen molar-refractivity contribution in [1.82, 2.24) is 15.5 Å². The number of fused-ring (bicyclic) bond motifs is 1. The summed E-state index contributed by atoms with van der Waals surface area (Å²) in [5, 5.41) is 9.93. The maximum absolute atomic E-state index is 12.3. The van der Waals surface area contributed by atoms with Gasteiger partial charge in [-0.05, 0) is 32.4 Å². The second kappa shape index (κ2) is 5.37. The lowest BCUT2D eigenvalue weighted by Crippen LogP contribution is -2.27. The third-order valence-electron chi connectivity index (χ3n) is 3.83. The van der Waals surface area contributed by atoms with Crippen molar-refractivity contribution < 1.29 is 13.9 Å². The first-order chi connectivity index (χ1) is 10.1. The fourth-order valence-corrected chi connectivity index (χ4v) is 2.69. The first-order valence-corrected chi connectivity index (χ1v) is 7.10. The summed E-state index contributed by atoms with van der Waals surface area (Å²) in [6, 6.07) is 1.87. The molecule has 3 rings (SSSR count). The summed E-state index contributed by atoms with van der Waals surface area (Å²) in [7, 11) is 0. The van der Waals surface area contributed by atoms with E-state index in [9.17, 15) is 4.79 Å². The smallest absolute Gasteiger partial charge is 0.272 e. The Balaban J connectivity index is 1.75. The van der Waals surface area contributed by atoms with Crippen molar-refractivity contribution in [3.8, 4) is 0 Å². The van der Waals surface area contributed by atoms with Gasteiger partial charge in [-0.1, -0.05) is 0 Å². The molecule has 0 radical (unpaired) electrons.